The van der Waals surface area contributed by atoms with Crippen molar-refractivity contribution >= 4 is 5.78 Å². The highest BCUT2D eigenvalue weighted by atomic mass is 16.1. The second-order valence-corrected chi connectivity index (χ2v) is 2.10. The maximum Gasteiger partial charge on any atom is 0.158 e. The molecule has 0 aliphatic heterocycles. The molecule has 0 atom stereocenters. The fourth-order valence-electron chi connectivity index (χ4n) is 0.869. The molecule has 0 aromatic carbocycles. The summed E-state index contributed by atoms with van der Waals surface area (Å²) in [6.45, 7) is 1.54. The Bertz CT molecular complexity index is 201. The summed E-state index contributed by atoms with van der Waals surface area (Å²) in [6, 6.07) is 0. The number of ketones is 1. The summed E-state index contributed by atoms with van der Waals surface area (Å²) in [5.41, 5.74) is 6.82. The Hall–Kier alpha value is -1.05. The van der Waals surface area contributed by atoms with Crippen LogP contribution in [0.1, 0.15) is 13.3 Å². The van der Waals surface area contributed by atoms with Crippen LogP contribution in [-0.2, 0) is 4.79 Å². The van der Waals surface area contributed by atoms with Gasteiger partial charge in [0.25, 0.3) is 0 Å². The summed E-state index contributed by atoms with van der Waals surface area (Å²) in [6.07, 6.45) is 4.38. The summed E-state index contributed by atoms with van der Waals surface area (Å²) in [7, 11) is 0. The quantitative estimate of drug-likeness (QED) is 0.559. The molecule has 0 spiro atoms. The summed E-state index contributed by atoms with van der Waals surface area (Å²) in [5.74, 6) is 0.0810. The first-order valence-electron chi connectivity index (χ1n) is 2.88. The molecule has 0 bridgehead atoms. The Kier molecular flexibility index (Phi) is 1.39. The Morgan fingerprint density at radius 1 is 1.78 bits per heavy atom. The van der Waals surface area contributed by atoms with E-state index in [1.54, 1.807) is 6.08 Å². The molecular weight excluding hydrogens is 114 g/mol. The van der Waals surface area contributed by atoms with E-state index in [4.69, 9.17) is 5.73 Å². The van der Waals surface area contributed by atoms with Crippen LogP contribution in [-0.4, -0.2) is 5.78 Å². The van der Waals surface area contributed by atoms with Crippen LogP contribution in [0.3, 0.4) is 0 Å². The third-order valence-electron chi connectivity index (χ3n) is 1.39. The number of nitrogens with two attached hydrogens (primary N) is 1. The maximum absolute atomic E-state index is 10.7. The van der Waals surface area contributed by atoms with Gasteiger partial charge in [-0.15, -0.1) is 0 Å². The van der Waals surface area contributed by atoms with Crippen molar-refractivity contribution < 1.29 is 4.79 Å². The third kappa shape index (κ3) is 1.02. The molecule has 1 aliphatic rings. The van der Waals surface area contributed by atoms with Gasteiger partial charge < -0.3 is 5.73 Å². The first-order valence-corrected chi connectivity index (χ1v) is 2.88. The first kappa shape index (κ1) is 6.08. The molecule has 0 saturated carbocycles. The zero-order valence-corrected chi connectivity index (χ0v) is 5.35. The van der Waals surface area contributed by atoms with Crippen molar-refractivity contribution in [3.8, 4) is 0 Å². The fraction of sp³-hybridized carbons (Fsp3) is 0.286. The largest absolute Gasteiger partial charge is 0.398 e. The topological polar surface area (TPSA) is 43.1 Å². The van der Waals surface area contributed by atoms with Gasteiger partial charge in [0, 0.05) is 11.3 Å². The second kappa shape index (κ2) is 2.05. The molecule has 0 heterocycles. The normalized spacial score (nSPS) is 17.0. The van der Waals surface area contributed by atoms with E-state index in [2.05, 4.69) is 0 Å². The van der Waals surface area contributed by atoms with Crippen LogP contribution in [0.2, 0.25) is 0 Å². The van der Waals surface area contributed by atoms with Gasteiger partial charge in [0.05, 0.1) is 0 Å². The Morgan fingerprint density at radius 3 is 2.67 bits per heavy atom. The smallest absolute Gasteiger partial charge is 0.158 e. The molecule has 0 fully saturated rings. The van der Waals surface area contributed by atoms with Gasteiger partial charge in [0.2, 0.25) is 0 Å². The number of allylic oxidation sites excluding steroid dienone is 3. The van der Waals surface area contributed by atoms with Gasteiger partial charge in [0.15, 0.2) is 5.78 Å². The summed E-state index contributed by atoms with van der Waals surface area (Å²) in [5, 5.41) is 0. The average molecular weight is 123 g/mol. The molecule has 0 aromatic heterocycles. The lowest BCUT2D eigenvalue weighted by molar-refractivity contribution is -0.113. The van der Waals surface area contributed by atoms with Gasteiger partial charge in [0.1, 0.15) is 0 Å². The van der Waals surface area contributed by atoms with Crippen molar-refractivity contribution in [2.24, 2.45) is 5.73 Å². The monoisotopic (exact) mass is 123 g/mol. The summed E-state index contributed by atoms with van der Waals surface area (Å²) in [4.78, 5) is 10.7. The Labute approximate surface area is 54.0 Å². The van der Waals surface area contributed by atoms with Crippen molar-refractivity contribution in [1.82, 2.24) is 0 Å². The van der Waals surface area contributed by atoms with Crippen LogP contribution in [0.25, 0.3) is 0 Å². The standard InChI is InChI=1S/C7H9NO/c1-5(9)6-3-2-4-7(6)8/h2,4H,3,8H2,1H3. The van der Waals surface area contributed by atoms with Crippen molar-refractivity contribution in [1.29, 1.82) is 0 Å². The molecule has 0 unspecified atom stereocenters. The highest BCUT2D eigenvalue weighted by Gasteiger charge is 2.09. The van der Waals surface area contributed by atoms with Gasteiger partial charge in [-0.05, 0) is 19.4 Å². The molecule has 1 rings (SSSR count). The predicted octanol–water partition coefficient (Wildman–Crippen LogP) is 0.748. The molecule has 0 saturated heterocycles. The van der Waals surface area contributed by atoms with Crippen LogP contribution in [0, 0.1) is 0 Å². The van der Waals surface area contributed by atoms with Crippen LogP contribution in [0.15, 0.2) is 23.4 Å². The molecular formula is C7H9NO. The van der Waals surface area contributed by atoms with Crippen molar-refractivity contribution in [2.45, 2.75) is 13.3 Å². The van der Waals surface area contributed by atoms with E-state index in [0.29, 0.717) is 12.1 Å². The lowest BCUT2D eigenvalue weighted by Crippen LogP contribution is -2.02. The summed E-state index contributed by atoms with van der Waals surface area (Å²) >= 11 is 0. The first-order chi connectivity index (χ1) is 4.22. The molecule has 2 N–H and O–H groups in total. The minimum absolute atomic E-state index is 0.0810. The molecule has 48 valence electrons. The van der Waals surface area contributed by atoms with Crippen molar-refractivity contribution in [3.05, 3.63) is 23.4 Å². The molecule has 2 nitrogen and oxygen atoms in total. The van der Waals surface area contributed by atoms with Crippen molar-refractivity contribution in [2.75, 3.05) is 0 Å². The van der Waals surface area contributed by atoms with Crippen LogP contribution >= 0.6 is 0 Å². The SMILES string of the molecule is CC(=O)C1=C(N)C=CC1. The molecule has 0 aromatic rings. The number of carbonyl (C=O) groups is 1. The van der Waals surface area contributed by atoms with E-state index in [-0.39, 0.29) is 5.78 Å². The molecule has 0 amide bonds. The van der Waals surface area contributed by atoms with E-state index >= 15 is 0 Å². The van der Waals surface area contributed by atoms with Crippen molar-refractivity contribution in [3.63, 3.8) is 0 Å². The van der Waals surface area contributed by atoms with E-state index in [1.807, 2.05) is 6.08 Å². The highest BCUT2D eigenvalue weighted by Crippen LogP contribution is 2.14. The minimum Gasteiger partial charge on any atom is -0.398 e. The number of hydrogen-bond donors (Lipinski definition) is 1. The zero-order chi connectivity index (χ0) is 6.85. The second-order valence-electron chi connectivity index (χ2n) is 2.10. The van der Waals surface area contributed by atoms with Crippen LogP contribution in [0.5, 0.6) is 0 Å². The number of Topliss-reactive ketones (excluding diaryl/α,β-unsaturated/α-hetero) is 1. The Morgan fingerprint density at radius 2 is 2.44 bits per heavy atom. The molecule has 9 heavy (non-hydrogen) atoms. The van der Waals surface area contributed by atoms with Crippen LogP contribution < -0.4 is 5.73 Å². The third-order valence-corrected chi connectivity index (χ3v) is 1.39. The predicted molar refractivity (Wildman–Crippen MR) is 35.7 cm³/mol. The van der Waals surface area contributed by atoms with E-state index in [0.717, 1.165) is 5.57 Å². The van der Waals surface area contributed by atoms with E-state index in [1.165, 1.54) is 6.92 Å². The Balaban J connectivity index is 2.85. The number of carbonyl (C=O) groups excluding carboxylic acids is 1. The maximum atomic E-state index is 10.7. The zero-order valence-electron chi connectivity index (χ0n) is 5.35. The van der Waals surface area contributed by atoms with Gasteiger partial charge in [-0.2, -0.15) is 0 Å². The minimum atomic E-state index is 0.0810. The van der Waals surface area contributed by atoms with Gasteiger partial charge in [-0.25, -0.2) is 0 Å². The van der Waals surface area contributed by atoms with Gasteiger partial charge >= 0.3 is 0 Å². The van der Waals surface area contributed by atoms with E-state index < -0.39 is 0 Å². The molecule has 0 radical (unpaired) electrons. The van der Waals surface area contributed by atoms with Gasteiger partial charge in [-0.1, -0.05) is 6.08 Å². The summed E-state index contributed by atoms with van der Waals surface area (Å²) < 4.78 is 0. The van der Waals surface area contributed by atoms with E-state index in [9.17, 15) is 4.79 Å². The number of rotatable bonds is 1. The molecule has 1 aliphatic carbocycles. The lowest BCUT2D eigenvalue weighted by atomic mass is 10.1. The molecule has 2 heteroatoms. The fourth-order valence-corrected chi connectivity index (χ4v) is 0.869. The van der Waals surface area contributed by atoms with Crippen LogP contribution in [0.4, 0.5) is 0 Å². The lowest BCUT2D eigenvalue weighted by Gasteiger charge is -1.94. The number of hydrogen-bond acceptors (Lipinski definition) is 2. The average Bonchev–Trinajstić information content (AvgIpc) is 2.13. The van der Waals surface area contributed by atoms with Gasteiger partial charge in [-0.3, -0.25) is 4.79 Å². The highest BCUT2D eigenvalue weighted by molar-refractivity contribution is 5.95.